The van der Waals surface area contributed by atoms with Crippen LogP contribution in [-0.4, -0.2) is 11.0 Å². The molecule has 9 heteroatoms. The molecule has 0 spiro atoms. The third-order valence-electron chi connectivity index (χ3n) is 3.42. The van der Waals surface area contributed by atoms with Crippen molar-refractivity contribution in [3.63, 3.8) is 0 Å². The molecule has 134 valence electrons. The summed E-state index contributed by atoms with van der Waals surface area (Å²) in [7, 11) is 0. The number of hydrogen-bond acceptors (Lipinski definition) is 4. The van der Waals surface area contributed by atoms with Gasteiger partial charge in [-0.2, -0.15) is 0 Å². The Morgan fingerprint density at radius 3 is 2.56 bits per heavy atom. The van der Waals surface area contributed by atoms with Crippen molar-refractivity contribution < 1.29 is 9.72 Å². The molecule has 0 radical (unpaired) electrons. The van der Waals surface area contributed by atoms with E-state index < -0.39 is 11.0 Å². The molecule has 0 saturated carbocycles. The zero-order valence-electron chi connectivity index (χ0n) is 13.7. The van der Waals surface area contributed by atoms with Crippen LogP contribution in [0.2, 0.25) is 0 Å². The molecule has 2 rings (SSSR count). The van der Waals surface area contributed by atoms with Crippen LogP contribution in [0.5, 0.6) is 0 Å². The number of nitrogens with zero attached hydrogens (tertiary/aromatic N) is 2. The molecule has 0 bridgehead atoms. The summed E-state index contributed by atoms with van der Waals surface area (Å²) in [6, 6.07) is 9.51. The molecule has 0 aliphatic rings. The first-order valence-electron chi connectivity index (χ1n) is 7.23. The summed E-state index contributed by atoms with van der Waals surface area (Å²) in [5.74, 6) is 0. The molecule has 0 atom stereocenters. The molecular weight excluding hydrogens is 412 g/mol. The number of benzene rings is 2. The lowest BCUT2D eigenvalue weighted by molar-refractivity contribution is -0.385. The van der Waals surface area contributed by atoms with E-state index in [1.165, 1.54) is 17.1 Å². The van der Waals surface area contributed by atoms with Gasteiger partial charge in [0.15, 0.2) is 0 Å². The number of primary amides is 1. The molecular formula is C16H18BrClN4O3. The number of aryl methyl sites for hydroxylation is 2. The van der Waals surface area contributed by atoms with Gasteiger partial charge in [-0.25, -0.2) is 9.80 Å². The van der Waals surface area contributed by atoms with E-state index in [2.05, 4.69) is 21.4 Å². The Balaban J connectivity index is 0.00000312. The van der Waals surface area contributed by atoms with E-state index >= 15 is 0 Å². The summed E-state index contributed by atoms with van der Waals surface area (Å²) < 4.78 is 0.410. The summed E-state index contributed by atoms with van der Waals surface area (Å²) >= 11 is 3.31. The number of hydrazine groups is 1. The van der Waals surface area contributed by atoms with Crippen molar-refractivity contribution >= 4 is 51.4 Å². The number of nitrogens with one attached hydrogen (secondary N) is 1. The lowest BCUT2D eigenvalue weighted by Gasteiger charge is -2.25. The van der Waals surface area contributed by atoms with Crippen molar-refractivity contribution in [2.75, 3.05) is 10.4 Å². The van der Waals surface area contributed by atoms with Crippen LogP contribution in [0.25, 0.3) is 0 Å². The van der Waals surface area contributed by atoms with Crippen LogP contribution in [0.15, 0.2) is 40.9 Å². The SMILES string of the molecule is CCc1cc([N+](=O)[O-])cc(Br)c1N(Nc1cccc(C)c1)C(N)=O.Cl. The first-order valence-corrected chi connectivity index (χ1v) is 8.02. The molecule has 0 fully saturated rings. The molecule has 0 unspecified atom stereocenters. The zero-order chi connectivity index (χ0) is 17.9. The second kappa shape index (κ2) is 8.68. The van der Waals surface area contributed by atoms with E-state index in [1.807, 2.05) is 32.0 Å². The third kappa shape index (κ3) is 4.83. The number of hydrogen-bond donors (Lipinski definition) is 2. The Bertz CT molecular complexity index is 801. The average Bonchev–Trinajstić information content (AvgIpc) is 2.52. The molecule has 0 heterocycles. The number of nitro groups is 1. The van der Waals surface area contributed by atoms with Crippen LogP contribution in [-0.2, 0) is 6.42 Å². The van der Waals surface area contributed by atoms with Gasteiger partial charge in [0.1, 0.15) is 0 Å². The fraction of sp³-hybridized carbons (Fsp3) is 0.188. The monoisotopic (exact) mass is 428 g/mol. The Kier molecular flexibility index (Phi) is 7.20. The minimum absolute atomic E-state index is 0. The highest BCUT2D eigenvalue weighted by molar-refractivity contribution is 9.10. The second-order valence-corrected chi connectivity index (χ2v) is 6.06. The smallest absolute Gasteiger partial charge is 0.338 e. The number of carbonyl (C=O) groups is 1. The summed E-state index contributed by atoms with van der Waals surface area (Å²) in [6.45, 7) is 3.78. The zero-order valence-corrected chi connectivity index (χ0v) is 16.1. The maximum absolute atomic E-state index is 12.0. The Labute approximate surface area is 159 Å². The van der Waals surface area contributed by atoms with Gasteiger partial charge in [-0.1, -0.05) is 19.1 Å². The predicted octanol–water partition coefficient (Wildman–Crippen LogP) is 4.56. The van der Waals surface area contributed by atoms with Gasteiger partial charge < -0.3 is 5.73 Å². The first-order chi connectivity index (χ1) is 11.3. The highest BCUT2D eigenvalue weighted by Crippen LogP contribution is 2.35. The Morgan fingerprint density at radius 2 is 2.04 bits per heavy atom. The lowest BCUT2D eigenvalue weighted by atomic mass is 10.1. The number of amides is 2. The van der Waals surface area contributed by atoms with Crippen molar-refractivity contribution in [1.82, 2.24) is 0 Å². The molecule has 25 heavy (non-hydrogen) atoms. The molecule has 2 amide bonds. The number of rotatable bonds is 5. The first kappa shape index (κ1) is 20.7. The Morgan fingerprint density at radius 1 is 1.36 bits per heavy atom. The van der Waals surface area contributed by atoms with Gasteiger partial charge in [-0.05, 0) is 52.5 Å². The van der Waals surface area contributed by atoms with Crippen LogP contribution >= 0.6 is 28.3 Å². The number of urea groups is 1. The number of nitrogens with two attached hydrogens (primary N) is 1. The lowest BCUT2D eigenvalue weighted by Crippen LogP contribution is -2.41. The van der Waals surface area contributed by atoms with Crippen LogP contribution < -0.4 is 16.2 Å². The number of halogens is 2. The van der Waals surface area contributed by atoms with Crippen molar-refractivity contribution in [3.05, 3.63) is 62.1 Å². The van der Waals surface area contributed by atoms with Crippen LogP contribution in [0.4, 0.5) is 21.9 Å². The summed E-state index contributed by atoms with van der Waals surface area (Å²) in [5, 5.41) is 12.2. The highest BCUT2D eigenvalue weighted by Gasteiger charge is 2.22. The van der Waals surface area contributed by atoms with Gasteiger partial charge in [0.25, 0.3) is 5.69 Å². The molecule has 0 aromatic heterocycles. The van der Waals surface area contributed by atoms with E-state index in [0.29, 0.717) is 27.8 Å². The van der Waals surface area contributed by atoms with Gasteiger partial charge in [0.2, 0.25) is 0 Å². The van der Waals surface area contributed by atoms with Gasteiger partial charge in [0.05, 0.1) is 20.8 Å². The van der Waals surface area contributed by atoms with Gasteiger partial charge in [-0.15, -0.1) is 12.4 Å². The molecule has 2 aromatic rings. The summed E-state index contributed by atoms with van der Waals surface area (Å²) in [4.78, 5) is 22.5. The standard InChI is InChI=1S/C16H17BrN4O3.ClH/c1-3-11-8-13(21(23)24)9-14(17)15(11)20(16(18)22)19-12-6-4-5-10(2)7-12;/h4-9,19H,3H2,1-2H3,(H2,18,22);1H. The summed E-state index contributed by atoms with van der Waals surface area (Å²) in [6.07, 6.45) is 0.495. The predicted molar refractivity (Wildman–Crippen MR) is 104 cm³/mol. The Hall–Kier alpha value is -2.32. The van der Waals surface area contributed by atoms with Gasteiger partial charge in [0, 0.05) is 12.1 Å². The van der Waals surface area contributed by atoms with E-state index in [1.54, 1.807) is 6.07 Å². The minimum atomic E-state index is -0.722. The molecule has 7 nitrogen and oxygen atoms in total. The fourth-order valence-electron chi connectivity index (χ4n) is 2.33. The quantitative estimate of drug-likeness (QED) is 0.537. The fourth-order valence-corrected chi connectivity index (χ4v) is 3.00. The van der Waals surface area contributed by atoms with Crippen LogP contribution in [0.3, 0.4) is 0 Å². The normalized spacial score (nSPS) is 9.88. The maximum atomic E-state index is 12.0. The molecule has 3 N–H and O–H groups in total. The number of anilines is 2. The number of nitro benzene ring substituents is 1. The van der Waals surface area contributed by atoms with E-state index in [4.69, 9.17) is 5.73 Å². The van der Waals surface area contributed by atoms with Crippen molar-refractivity contribution in [1.29, 1.82) is 0 Å². The topological polar surface area (TPSA) is 102 Å². The molecule has 0 aliphatic heterocycles. The molecule has 0 saturated heterocycles. The van der Waals surface area contributed by atoms with Crippen molar-refractivity contribution in [3.8, 4) is 0 Å². The van der Waals surface area contributed by atoms with Crippen LogP contribution in [0, 0.1) is 17.0 Å². The highest BCUT2D eigenvalue weighted by atomic mass is 79.9. The largest absolute Gasteiger partial charge is 0.350 e. The second-order valence-electron chi connectivity index (χ2n) is 5.20. The van der Waals surface area contributed by atoms with Crippen LogP contribution in [0.1, 0.15) is 18.1 Å². The maximum Gasteiger partial charge on any atom is 0.338 e. The minimum Gasteiger partial charge on any atom is -0.350 e. The third-order valence-corrected chi connectivity index (χ3v) is 4.03. The van der Waals surface area contributed by atoms with E-state index in [0.717, 1.165) is 5.56 Å². The van der Waals surface area contributed by atoms with E-state index in [9.17, 15) is 14.9 Å². The average molecular weight is 430 g/mol. The number of non-ortho nitro benzene ring substituents is 1. The van der Waals surface area contributed by atoms with Gasteiger partial charge in [-0.3, -0.25) is 15.5 Å². The van der Waals surface area contributed by atoms with E-state index in [-0.39, 0.29) is 18.1 Å². The summed E-state index contributed by atoms with van der Waals surface area (Å²) in [5.41, 5.74) is 11.2. The molecule has 0 aliphatic carbocycles. The molecule has 2 aromatic carbocycles. The van der Waals surface area contributed by atoms with Crippen molar-refractivity contribution in [2.45, 2.75) is 20.3 Å². The number of carbonyl (C=O) groups excluding carboxylic acids is 1. The van der Waals surface area contributed by atoms with Gasteiger partial charge >= 0.3 is 6.03 Å². The van der Waals surface area contributed by atoms with Crippen molar-refractivity contribution in [2.24, 2.45) is 5.73 Å².